The number of rotatable bonds is 6. The molecule has 104 valence electrons. The van der Waals surface area contributed by atoms with Gasteiger partial charge in [-0.3, -0.25) is 4.90 Å². The number of nitrogens with two attached hydrogens (primary N) is 1. The van der Waals surface area contributed by atoms with Crippen molar-refractivity contribution in [3.63, 3.8) is 0 Å². The number of likely N-dealkylation sites (tertiary alicyclic amines) is 1. The van der Waals surface area contributed by atoms with Crippen molar-refractivity contribution in [3.05, 3.63) is 48.0 Å². The minimum atomic E-state index is 0.0632. The second-order valence-electron chi connectivity index (χ2n) is 5.74. The Morgan fingerprint density at radius 1 is 1.42 bits per heavy atom. The Hall–Kier alpha value is -1.16. The molecule has 0 saturated carbocycles. The summed E-state index contributed by atoms with van der Waals surface area (Å²) in [6.45, 7) is 10.7. The first-order valence-corrected chi connectivity index (χ1v) is 6.99. The Bertz CT molecular complexity index is 415. The van der Waals surface area contributed by atoms with Gasteiger partial charge in [0.25, 0.3) is 0 Å². The van der Waals surface area contributed by atoms with E-state index in [1.807, 2.05) is 6.92 Å². The molecule has 3 nitrogen and oxygen atoms in total. The molecule has 1 heterocycles. The predicted octanol–water partition coefficient (Wildman–Crippen LogP) is 1.76. The van der Waals surface area contributed by atoms with Crippen molar-refractivity contribution in [3.8, 4) is 0 Å². The summed E-state index contributed by atoms with van der Waals surface area (Å²) >= 11 is 0. The van der Waals surface area contributed by atoms with Crippen LogP contribution in [0, 0.1) is 0 Å². The van der Waals surface area contributed by atoms with E-state index in [4.69, 9.17) is 5.73 Å². The Morgan fingerprint density at radius 3 is 2.79 bits per heavy atom. The predicted molar refractivity (Wildman–Crippen MR) is 80.9 cm³/mol. The van der Waals surface area contributed by atoms with Gasteiger partial charge in [0, 0.05) is 38.3 Å². The van der Waals surface area contributed by atoms with E-state index < -0.39 is 0 Å². The van der Waals surface area contributed by atoms with Crippen molar-refractivity contribution >= 4 is 0 Å². The van der Waals surface area contributed by atoms with E-state index >= 15 is 0 Å². The fourth-order valence-corrected chi connectivity index (χ4v) is 2.66. The van der Waals surface area contributed by atoms with E-state index in [-0.39, 0.29) is 5.54 Å². The van der Waals surface area contributed by atoms with Gasteiger partial charge in [-0.05, 0) is 18.9 Å². The lowest BCUT2D eigenvalue weighted by molar-refractivity contribution is 0.281. The molecule has 0 aliphatic carbocycles. The second-order valence-corrected chi connectivity index (χ2v) is 5.74. The molecule has 0 radical (unpaired) electrons. The van der Waals surface area contributed by atoms with Gasteiger partial charge in [-0.1, -0.05) is 42.5 Å². The standard InChI is InChI=1S/C16H25N3/c1-14(2)10-18-16(12-17)8-9-19(13-16)11-15-6-4-3-5-7-15/h3-7,18H,1,8-13,17H2,2H3. The lowest BCUT2D eigenvalue weighted by Gasteiger charge is -2.29. The lowest BCUT2D eigenvalue weighted by Crippen LogP contribution is -2.53. The van der Waals surface area contributed by atoms with Crippen molar-refractivity contribution in [2.24, 2.45) is 5.73 Å². The van der Waals surface area contributed by atoms with Gasteiger partial charge in [0.1, 0.15) is 0 Å². The van der Waals surface area contributed by atoms with Gasteiger partial charge in [-0.15, -0.1) is 0 Å². The first-order valence-electron chi connectivity index (χ1n) is 6.99. The molecule has 3 heteroatoms. The third-order valence-electron chi connectivity index (χ3n) is 3.84. The van der Waals surface area contributed by atoms with Gasteiger partial charge in [0.15, 0.2) is 0 Å². The zero-order valence-corrected chi connectivity index (χ0v) is 11.9. The molecule has 0 spiro atoms. The molecule has 1 aliphatic rings. The van der Waals surface area contributed by atoms with Crippen LogP contribution in [0.3, 0.4) is 0 Å². The summed E-state index contributed by atoms with van der Waals surface area (Å²) in [5.41, 5.74) is 8.59. The molecule has 2 rings (SSSR count). The van der Waals surface area contributed by atoms with Crippen LogP contribution in [-0.2, 0) is 6.54 Å². The monoisotopic (exact) mass is 259 g/mol. The van der Waals surface area contributed by atoms with Gasteiger partial charge < -0.3 is 11.1 Å². The highest BCUT2D eigenvalue weighted by atomic mass is 15.2. The van der Waals surface area contributed by atoms with E-state index in [1.165, 1.54) is 5.56 Å². The van der Waals surface area contributed by atoms with E-state index in [0.717, 1.165) is 38.2 Å². The number of hydrogen-bond donors (Lipinski definition) is 2. The van der Waals surface area contributed by atoms with Crippen LogP contribution in [0.1, 0.15) is 18.9 Å². The van der Waals surface area contributed by atoms with E-state index in [1.54, 1.807) is 0 Å². The molecule has 1 unspecified atom stereocenters. The van der Waals surface area contributed by atoms with Gasteiger partial charge in [-0.2, -0.15) is 0 Å². The van der Waals surface area contributed by atoms with Crippen LogP contribution in [0.4, 0.5) is 0 Å². The Labute approximate surface area is 116 Å². The molecule has 0 aromatic heterocycles. The molecule has 1 aliphatic heterocycles. The maximum Gasteiger partial charge on any atom is 0.0447 e. The topological polar surface area (TPSA) is 41.3 Å². The van der Waals surface area contributed by atoms with Gasteiger partial charge >= 0.3 is 0 Å². The summed E-state index contributed by atoms with van der Waals surface area (Å²) < 4.78 is 0. The van der Waals surface area contributed by atoms with Crippen molar-refractivity contribution in [1.29, 1.82) is 0 Å². The zero-order chi connectivity index (χ0) is 13.7. The van der Waals surface area contributed by atoms with Gasteiger partial charge in [0.2, 0.25) is 0 Å². The van der Waals surface area contributed by atoms with Crippen LogP contribution >= 0.6 is 0 Å². The fraction of sp³-hybridized carbons (Fsp3) is 0.500. The minimum absolute atomic E-state index is 0.0632. The first-order chi connectivity index (χ1) is 9.13. The Kier molecular flexibility index (Phi) is 4.75. The summed E-state index contributed by atoms with van der Waals surface area (Å²) in [6, 6.07) is 10.6. The van der Waals surface area contributed by atoms with Gasteiger partial charge in [0.05, 0.1) is 0 Å². The number of hydrogen-bond acceptors (Lipinski definition) is 3. The van der Waals surface area contributed by atoms with Crippen LogP contribution < -0.4 is 11.1 Å². The van der Waals surface area contributed by atoms with Crippen molar-refractivity contribution in [1.82, 2.24) is 10.2 Å². The smallest absolute Gasteiger partial charge is 0.0447 e. The van der Waals surface area contributed by atoms with Crippen LogP contribution in [-0.4, -0.2) is 36.6 Å². The highest BCUT2D eigenvalue weighted by molar-refractivity contribution is 5.15. The zero-order valence-electron chi connectivity index (χ0n) is 11.9. The largest absolute Gasteiger partial charge is 0.329 e. The SMILES string of the molecule is C=C(C)CNC1(CN)CCN(Cc2ccccc2)C1. The summed E-state index contributed by atoms with van der Waals surface area (Å²) in [6.07, 6.45) is 1.11. The maximum absolute atomic E-state index is 5.99. The fourth-order valence-electron chi connectivity index (χ4n) is 2.66. The third kappa shape index (κ3) is 3.90. The molecule has 0 amide bonds. The summed E-state index contributed by atoms with van der Waals surface area (Å²) in [4.78, 5) is 2.48. The first kappa shape index (κ1) is 14.3. The minimum Gasteiger partial charge on any atom is -0.329 e. The van der Waals surface area contributed by atoms with Crippen molar-refractivity contribution in [2.75, 3.05) is 26.2 Å². The van der Waals surface area contributed by atoms with Crippen LogP contribution in [0.15, 0.2) is 42.5 Å². The maximum atomic E-state index is 5.99. The Morgan fingerprint density at radius 2 is 2.16 bits per heavy atom. The lowest BCUT2D eigenvalue weighted by atomic mass is 9.98. The molecule has 1 saturated heterocycles. The molecule has 19 heavy (non-hydrogen) atoms. The van der Waals surface area contributed by atoms with Gasteiger partial charge in [-0.25, -0.2) is 0 Å². The van der Waals surface area contributed by atoms with Crippen LogP contribution in [0.25, 0.3) is 0 Å². The summed E-state index contributed by atoms with van der Waals surface area (Å²) in [5.74, 6) is 0. The Balaban J connectivity index is 1.92. The molecular weight excluding hydrogens is 234 g/mol. The summed E-state index contributed by atoms with van der Waals surface area (Å²) in [5, 5.41) is 3.59. The molecule has 3 N–H and O–H groups in total. The number of benzene rings is 1. The highest BCUT2D eigenvalue weighted by Crippen LogP contribution is 2.22. The molecule has 1 aromatic carbocycles. The van der Waals surface area contributed by atoms with Crippen LogP contribution in [0.2, 0.25) is 0 Å². The average molecular weight is 259 g/mol. The second kappa shape index (κ2) is 6.33. The van der Waals surface area contributed by atoms with E-state index in [0.29, 0.717) is 6.54 Å². The number of nitrogens with one attached hydrogen (secondary N) is 1. The molecule has 1 atom stereocenters. The molecule has 0 bridgehead atoms. The highest BCUT2D eigenvalue weighted by Gasteiger charge is 2.36. The summed E-state index contributed by atoms with van der Waals surface area (Å²) in [7, 11) is 0. The quantitative estimate of drug-likeness (QED) is 0.765. The van der Waals surface area contributed by atoms with E-state index in [2.05, 4.69) is 47.1 Å². The molecule has 1 fully saturated rings. The molecule has 1 aromatic rings. The van der Waals surface area contributed by atoms with Crippen LogP contribution in [0.5, 0.6) is 0 Å². The van der Waals surface area contributed by atoms with Crippen molar-refractivity contribution in [2.45, 2.75) is 25.4 Å². The third-order valence-corrected chi connectivity index (χ3v) is 3.84. The van der Waals surface area contributed by atoms with Crippen molar-refractivity contribution < 1.29 is 0 Å². The average Bonchev–Trinajstić information content (AvgIpc) is 2.82. The molecular formula is C16H25N3. The number of nitrogens with zero attached hydrogens (tertiary/aromatic N) is 1. The normalized spacial score (nSPS) is 23.7. The van der Waals surface area contributed by atoms with E-state index in [9.17, 15) is 0 Å².